The summed E-state index contributed by atoms with van der Waals surface area (Å²) >= 11 is 0. The Kier molecular flexibility index (Phi) is 1.87. The first-order valence-corrected chi connectivity index (χ1v) is 6.93. The predicted molar refractivity (Wildman–Crippen MR) is 58.6 cm³/mol. The summed E-state index contributed by atoms with van der Waals surface area (Å²) < 4.78 is 37.7. The van der Waals surface area contributed by atoms with Gasteiger partial charge < -0.3 is 5.32 Å². The molecule has 0 atom stereocenters. The van der Waals surface area contributed by atoms with E-state index in [1.807, 2.05) is 0 Å². The summed E-state index contributed by atoms with van der Waals surface area (Å²) in [7, 11) is -3.35. The molecule has 0 amide bonds. The van der Waals surface area contributed by atoms with Crippen LogP contribution in [0.4, 0.5) is 10.1 Å². The zero-order valence-corrected chi connectivity index (χ0v) is 9.48. The third-order valence-corrected chi connectivity index (χ3v) is 5.41. The van der Waals surface area contributed by atoms with Gasteiger partial charge >= 0.3 is 0 Å². The van der Waals surface area contributed by atoms with Gasteiger partial charge in [0, 0.05) is 12.0 Å². The van der Waals surface area contributed by atoms with Gasteiger partial charge in [0.15, 0.2) is 9.84 Å². The molecule has 0 aromatic heterocycles. The minimum Gasteiger partial charge on any atom is -0.381 e. The molecule has 86 valence electrons. The number of fused-ring (bicyclic) bond motifs is 1. The van der Waals surface area contributed by atoms with Crippen LogP contribution >= 0.6 is 0 Å². The molecular weight excluding hydrogens is 229 g/mol. The van der Waals surface area contributed by atoms with Crippen molar-refractivity contribution in [1.82, 2.24) is 0 Å². The van der Waals surface area contributed by atoms with E-state index in [2.05, 4.69) is 5.32 Å². The van der Waals surface area contributed by atoms with E-state index in [1.165, 1.54) is 18.2 Å². The van der Waals surface area contributed by atoms with Crippen LogP contribution in [-0.2, 0) is 9.84 Å². The number of hydrogen-bond acceptors (Lipinski definition) is 3. The van der Waals surface area contributed by atoms with Gasteiger partial charge in [-0.05, 0) is 25.0 Å². The van der Waals surface area contributed by atoms with Gasteiger partial charge in [-0.25, -0.2) is 12.8 Å². The Morgan fingerprint density at radius 1 is 1.31 bits per heavy atom. The molecule has 0 unspecified atom stereocenters. The van der Waals surface area contributed by atoms with Crippen molar-refractivity contribution in [1.29, 1.82) is 0 Å². The van der Waals surface area contributed by atoms with E-state index in [-0.39, 0.29) is 21.8 Å². The van der Waals surface area contributed by atoms with Crippen LogP contribution in [-0.4, -0.2) is 20.7 Å². The van der Waals surface area contributed by atoms with Gasteiger partial charge in [0.05, 0.1) is 16.3 Å². The molecule has 2 aliphatic rings. The monoisotopic (exact) mass is 241 g/mol. The van der Waals surface area contributed by atoms with E-state index >= 15 is 0 Å². The molecule has 1 heterocycles. The molecule has 1 aromatic rings. The van der Waals surface area contributed by atoms with Gasteiger partial charge in [-0.2, -0.15) is 0 Å². The van der Waals surface area contributed by atoms with Crippen LogP contribution in [0.2, 0.25) is 0 Å². The molecule has 16 heavy (non-hydrogen) atoms. The lowest BCUT2D eigenvalue weighted by Crippen LogP contribution is -2.20. The Labute approximate surface area is 93.6 Å². The Morgan fingerprint density at radius 3 is 2.75 bits per heavy atom. The van der Waals surface area contributed by atoms with Crippen LogP contribution in [0.3, 0.4) is 0 Å². The molecule has 1 saturated carbocycles. The van der Waals surface area contributed by atoms with Crippen LogP contribution in [0.5, 0.6) is 0 Å². The summed E-state index contributed by atoms with van der Waals surface area (Å²) in [4.78, 5) is 0.108. The maximum Gasteiger partial charge on any atom is 0.181 e. The highest BCUT2D eigenvalue weighted by atomic mass is 32.2. The number of benzene rings is 1. The number of sulfone groups is 1. The molecule has 1 aliphatic carbocycles. The molecule has 5 heteroatoms. The van der Waals surface area contributed by atoms with Gasteiger partial charge in [0.1, 0.15) is 5.82 Å². The summed E-state index contributed by atoms with van der Waals surface area (Å²) in [5.74, 6) is -0.345. The first-order valence-electron chi connectivity index (χ1n) is 5.28. The maximum absolute atomic E-state index is 13.5. The van der Waals surface area contributed by atoms with Crippen molar-refractivity contribution in [3.63, 3.8) is 0 Å². The number of nitrogens with one attached hydrogen (secondary N) is 1. The van der Waals surface area contributed by atoms with E-state index in [1.54, 1.807) is 0 Å². The number of anilines is 1. The van der Waals surface area contributed by atoms with Gasteiger partial charge in [0.25, 0.3) is 0 Å². The molecule has 3 rings (SSSR count). The van der Waals surface area contributed by atoms with Crippen molar-refractivity contribution in [3.8, 4) is 0 Å². The van der Waals surface area contributed by atoms with Gasteiger partial charge in [-0.1, -0.05) is 6.07 Å². The third kappa shape index (κ3) is 1.42. The summed E-state index contributed by atoms with van der Waals surface area (Å²) in [6.07, 6.45) is 1.82. The molecule has 1 aromatic carbocycles. The van der Waals surface area contributed by atoms with Crippen molar-refractivity contribution in [2.45, 2.75) is 17.7 Å². The van der Waals surface area contributed by atoms with E-state index in [9.17, 15) is 12.8 Å². The molecule has 0 radical (unpaired) electrons. The normalized spacial score (nSPS) is 24.3. The smallest absolute Gasteiger partial charge is 0.181 e. The van der Waals surface area contributed by atoms with Gasteiger partial charge in [0.2, 0.25) is 0 Å². The maximum atomic E-state index is 13.5. The van der Waals surface area contributed by atoms with Crippen molar-refractivity contribution in [3.05, 3.63) is 24.0 Å². The van der Waals surface area contributed by atoms with E-state index < -0.39 is 15.7 Å². The standard InChI is InChI=1S/C11H12FNO2S/c12-8-2-1-3-9-10(8)13-6-11(4-5-11)7-16(9,14)15/h1-3,13H,4-7H2. The second-order valence-electron chi connectivity index (χ2n) is 4.73. The van der Waals surface area contributed by atoms with E-state index in [0.717, 1.165) is 12.8 Å². The summed E-state index contributed by atoms with van der Waals surface area (Å²) in [6.45, 7) is 0.556. The van der Waals surface area contributed by atoms with Crippen LogP contribution in [0.15, 0.2) is 23.1 Å². The fraction of sp³-hybridized carbons (Fsp3) is 0.455. The average molecular weight is 241 g/mol. The number of halogens is 1. The van der Waals surface area contributed by atoms with Crippen LogP contribution < -0.4 is 5.32 Å². The average Bonchev–Trinajstić information content (AvgIpc) is 2.96. The second-order valence-corrected chi connectivity index (χ2v) is 6.68. The fourth-order valence-corrected chi connectivity index (χ4v) is 4.36. The van der Waals surface area contributed by atoms with E-state index in [0.29, 0.717) is 6.54 Å². The SMILES string of the molecule is O=S1(=O)CC2(CC2)CNc2c(F)cccc21. The summed E-state index contributed by atoms with van der Waals surface area (Å²) in [6, 6.07) is 4.20. The van der Waals surface area contributed by atoms with Crippen molar-refractivity contribution in [2.24, 2.45) is 5.41 Å². The fourth-order valence-electron chi connectivity index (χ4n) is 2.24. The number of hydrogen-bond donors (Lipinski definition) is 1. The van der Waals surface area contributed by atoms with Crippen molar-refractivity contribution in [2.75, 3.05) is 17.6 Å². The first kappa shape index (κ1) is 10.1. The Balaban J connectivity index is 2.18. The van der Waals surface area contributed by atoms with Crippen LogP contribution in [0, 0.1) is 11.2 Å². The second kappa shape index (κ2) is 2.97. The molecule has 0 saturated heterocycles. The molecule has 1 aliphatic heterocycles. The summed E-state index contributed by atoms with van der Waals surface area (Å²) in [5, 5.41) is 2.95. The predicted octanol–water partition coefficient (Wildman–Crippen LogP) is 1.81. The zero-order chi connectivity index (χ0) is 11.4. The Morgan fingerprint density at radius 2 is 2.06 bits per heavy atom. The van der Waals surface area contributed by atoms with Crippen LogP contribution in [0.1, 0.15) is 12.8 Å². The molecule has 3 nitrogen and oxygen atoms in total. The van der Waals surface area contributed by atoms with Crippen LogP contribution in [0.25, 0.3) is 0 Å². The highest BCUT2D eigenvalue weighted by Crippen LogP contribution is 2.50. The largest absolute Gasteiger partial charge is 0.381 e. The lowest BCUT2D eigenvalue weighted by molar-refractivity contribution is 0.562. The molecular formula is C11H12FNO2S. The Bertz CT molecular complexity index is 549. The lowest BCUT2D eigenvalue weighted by atomic mass is 10.1. The number of rotatable bonds is 0. The number of para-hydroxylation sites is 1. The minimum absolute atomic E-state index is 0.108. The quantitative estimate of drug-likeness (QED) is 0.753. The third-order valence-electron chi connectivity index (χ3n) is 3.40. The Hall–Kier alpha value is -1.10. The first-order chi connectivity index (χ1) is 7.53. The van der Waals surface area contributed by atoms with Crippen molar-refractivity contribution < 1.29 is 12.8 Å². The van der Waals surface area contributed by atoms with Gasteiger partial charge in [-0.3, -0.25) is 0 Å². The van der Waals surface area contributed by atoms with Crippen molar-refractivity contribution >= 4 is 15.5 Å². The highest BCUT2D eigenvalue weighted by Gasteiger charge is 2.48. The van der Waals surface area contributed by atoms with Gasteiger partial charge in [-0.15, -0.1) is 0 Å². The molecule has 1 spiro atoms. The van der Waals surface area contributed by atoms with E-state index in [4.69, 9.17) is 0 Å². The molecule has 0 bridgehead atoms. The summed E-state index contributed by atoms with van der Waals surface area (Å²) in [5.41, 5.74) is -0.00382. The minimum atomic E-state index is -3.35. The highest BCUT2D eigenvalue weighted by molar-refractivity contribution is 7.91. The topological polar surface area (TPSA) is 46.2 Å². The molecule has 1 N–H and O–H groups in total. The zero-order valence-electron chi connectivity index (χ0n) is 8.66. The lowest BCUT2D eigenvalue weighted by Gasteiger charge is -2.10. The molecule has 1 fully saturated rings.